The van der Waals surface area contributed by atoms with Crippen LogP contribution >= 0.6 is 12.6 Å². The molecule has 2 N–H and O–H groups in total. The third-order valence-corrected chi connectivity index (χ3v) is 4.37. The number of fused-ring (bicyclic) bond motifs is 1. The van der Waals surface area contributed by atoms with Crippen LogP contribution in [0.25, 0.3) is 23.1 Å². The second-order valence-corrected chi connectivity index (χ2v) is 6.78. The third kappa shape index (κ3) is 6.22. The van der Waals surface area contributed by atoms with Crippen LogP contribution in [0.5, 0.6) is 0 Å². The van der Waals surface area contributed by atoms with Gasteiger partial charge in [-0.05, 0) is 56.8 Å². The molecule has 0 spiro atoms. The Kier molecular flexibility index (Phi) is 8.72. The van der Waals surface area contributed by atoms with Gasteiger partial charge >= 0.3 is 0 Å². The lowest BCUT2D eigenvalue weighted by Crippen LogP contribution is -2.13. The number of rotatable bonds is 7. The zero-order valence-electron chi connectivity index (χ0n) is 16.6. The van der Waals surface area contributed by atoms with Gasteiger partial charge in [0.25, 0.3) is 0 Å². The molecule has 0 atom stereocenters. The average Bonchev–Trinajstić information content (AvgIpc) is 2.72. The molecule has 0 radical (unpaired) electrons. The highest BCUT2D eigenvalue weighted by Gasteiger charge is 2.07. The van der Waals surface area contributed by atoms with E-state index in [2.05, 4.69) is 72.6 Å². The van der Waals surface area contributed by atoms with Crippen molar-refractivity contribution < 1.29 is 0 Å². The summed E-state index contributed by atoms with van der Waals surface area (Å²) in [5.74, 6) is 1.55. The van der Waals surface area contributed by atoms with Crippen LogP contribution < -0.4 is 10.6 Å². The summed E-state index contributed by atoms with van der Waals surface area (Å²) in [6, 6.07) is 14.3. The molecule has 0 amide bonds. The molecule has 0 saturated heterocycles. The van der Waals surface area contributed by atoms with Crippen LogP contribution in [0.2, 0.25) is 0 Å². The molecule has 5 heteroatoms. The van der Waals surface area contributed by atoms with Gasteiger partial charge in [0.05, 0.1) is 5.52 Å². The number of hydrogen-bond acceptors (Lipinski definition) is 5. The highest BCUT2D eigenvalue weighted by molar-refractivity contribution is 7.80. The third-order valence-electron chi connectivity index (χ3n) is 4.09. The summed E-state index contributed by atoms with van der Waals surface area (Å²) in [6.45, 7) is 9.90. The van der Waals surface area contributed by atoms with Gasteiger partial charge in [-0.3, -0.25) is 0 Å². The Labute approximate surface area is 173 Å². The molecule has 28 heavy (non-hydrogen) atoms. The number of aryl methyl sites for hydroxylation is 1. The van der Waals surface area contributed by atoms with Gasteiger partial charge in [0.1, 0.15) is 5.82 Å². The molecular weight excluding hydrogens is 364 g/mol. The van der Waals surface area contributed by atoms with E-state index in [1.165, 1.54) is 5.56 Å². The van der Waals surface area contributed by atoms with Crippen molar-refractivity contribution in [3.63, 3.8) is 0 Å². The van der Waals surface area contributed by atoms with Crippen LogP contribution in [0, 0.1) is 6.92 Å². The predicted octanol–water partition coefficient (Wildman–Crippen LogP) is 5.22. The van der Waals surface area contributed by atoms with Crippen LogP contribution in [0.1, 0.15) is 23.4 Å². The molecular formula is C23H28N4S. The first-order valence-electron chi connectivity index (χ1n) is 9.30. The molecule has 4 nitrogen and oxygen atoms in total. The molecule has 3 aromatic rings. The van der Waals surface area contributed by atoms with Gasteiger partial charge in [0.2, 0.25) is 0 Å². The summed E-state index contributed by atoms with van der Waals surface area (Å²) in [7, 11) is 1.96. The fourth-order valence-electron chi connectivity index (χ4n) is 2.66. The van der Waals surface area contributed by atoms with Crippen LogP contribution in [0.3, 0.4) is 0 Å². The topological polar surface area (TPSA) is 49.8 Å². The lowest BCUT2D eigenvalue weighted by molar-refractivity contribution is 0.747. The smallest absolute Gasteiger partial charge is 0.154 e. The van der Waals surface area contributed by atoms with Gasteiger partial charge in [0.15, 0.2) is 5.82 Å². The summed E-state index contributed by atoms with van der Waals surface area (Å²) in [5.41, 5.74) is 3.30. The molecule has 0 saturated carbocycles. The van der Waals surface area contributed by atoms with Gasteiger partial charge in [-0.25, -0.2) is 9.97 Å². The largest absolute Gasteiger partial charge is 0.369 e. The van der Waals surface area contributed by atoms with Crippen LogP contribution in [-0.4, -0.2) is 30.1 Å². The van der Waals surface area contributed by atoms with E-state index < -0.39 is 0 Å². The Morgan fingerprint density at radius 3 is 2.46 bits per heavy atom. The van der Waals surface area contributed by atoms with E-state index in [1.807, 2.05) is 37.4 Å². The number of benzene rings is 2. The van der Waals surface area contributed by atoms with Gasteiger partial charge in [-0.2, -0.15) is 0 Å². The van der Waals surface area contributed by atoms with Gasteiger partial charge in [-0.15, -0.1) is 25.8 Å². The van der Waals surface area contributed by atoms with Crippen molar-refractivity contribution in [3.8, 4) is 0 Å². The predicted molar refractivity (Wildman–Crippen MR) is 125 cm³/mol. The monoisotopic (exact) mass is 392 g/mol. The fourth-order valence-corrected chi connectivity index (χ4v) is 2.87. The number of nitrogens with zero attached hydrogens (tertiary/aromatic N) is 2. The highest BCUT2D eigenvalue weighted by atomic mass is 32.1. The Balaban J connectivity index is 0.00000136. The van der Waals surface area contributed by atoms with Crippen molar-refractivity contribution in [1.82, 2.24) is 15.3 Å². The van der Waals surface area contributed by atoms with E-state index in [0.717, 1.165) is 46.7 Å². The zero-order valence-corrected chi connectivity index (χ0v) is 17.5. The van der Waals surface area contributed by atoms with Crippen LogP contribution in [0.15, 0.2) is 60.5 Å². The summed E-state index contributed by atoms with van der Waals surface area (Å²) in [6.07, 6.45) is 5.02. The zero-order chi connectivity index (χ0) is 20.4. The van der Waals surface area contributed by atoms with Crippen molar-refractivity contribution in [1.29, 1.82) is 0 Å². The van der Waals surface area contributed by atoms with E-state index in [1.54, 1.807) is 0 Å². The van der Waals surface area contributed by atoms with Gasteiger partial charge in [-0.1, -0.05) is 35.9 Å². The quantitative estimate of drug-likeness (QED) is 0.293. The van der Waals surface area contributed by atoms with E-state index >= 15 is 0 Å². The SMILES string of the molecule is C=C.CNCCCNc1nc(/C=C/c2ccc(C)cc2)nc2ccc(S)cc12. The van der Waals surface area contributed by atoms with E-state index in [4.69, 9.17) is 4.98 Å². The summed E-state index contributed by atoms with van der Waals surface area (Å²) in [5, 5.41) is 7.59. The number of thiol groups is 1. The number of anilines is 1. The highest BCUT2D eigenvalue weighted by Crippen LogP contribution is 2.24. The van der Waals surface area contributed by atoms with Crippen LogP contribution in [-0.2, 0) is 0 Å². The Bertz CT molecular complexity index is 920. The molecule has 0 unspecified atom stereocenters. The maximum Gasteiger partial charge on any atom is 0.154 e. The molecule has 0 bridgehead atoms. The molecule has 1 aromatic heterocycles. The van der Waals surface area contributed by atoms with Crippen molar-refractivity contribution in [2.45, 2.75) is 18.2 Å². The minimum absolute atomic E-state index is 0.695. The molecule has 0 aliphatic carbocycles. The summed E-state index contributed by atoms with van der Waals surface area (Å²) >= 11 is 4.45. The second kappa shape index (κ2) is 11.3. The first-order chi connectivity index (χ1) is 13.7. The van der Waals surface area contributed by atoms with E-state index in [9.17, 15) is 0 Å². The molecule has 0 aliphatic rings. The maximum atomic E-state index is 4.71. The number of nitrogens with one attached hydrogen (secondary N) is 2. The van der Waals surface area contributed by atoms with Crippen LogP contribution in [0.4, 0.5) is 5.82 Å². The van der Waals surface area contributed by atoms with Crippen molar-refractivity contribution in [2.75, 3.05) is 25.5 Å². The van der Waals surface area contributed by atoms with E-state index in [-0.39, 0.29) is 0 Å². The van der Waals surface area contributed by atoms with Crippen molar-refractivity contribution >= 4 is 41.5 Å². The molecule has 1 heterocycles. The minimum Gasteiger partial charge on any atom is -0.369 e. The standard InChI is InChI=1S/C21H24N4S.C2H4/c1-15-4-6-16(7-5-15)8-11-20-24-19-10-9-17(26)14-18(19)21(25-20)23-13-3-12-22-2;1-2/h4-11,14,22,26H,3,12-13H2,1-2H3,(H,23,24,25);1-2H2/b11-8+;. The molecule has 2 aromatic carbocycles. The normalized spacial score (nSPS) is 10.7. The maximum absolute atomic E-state index is 4.71. The average molecular weight is 393 g/mol. The van der Waals surface area contributed by atoms with E-state index in [0.29, 0.717) is 5.82 Å². The van der Waals surface area contributed by atoms with Crippen molar-refractivity contribution in [2.24, 2.45) is 0 Å². The summed E-state index contributed by atoms with van der Waals surface area (Å²) < 4.78 is 0. The second-order valence-electron chi connectivity index (χ2n) is 6.26. The summed E-state index contributed by atoms with van der Waals surface area (Å²) in [4.78, 5) is 10.3. The Morgan fingerprint density at radius 2 is 1.75 bits per heavy atom. The van der Waals surface area contributed by atoms with Crippen molar-refractivity contribution in [3.05, 3.63) is 72.6 Å². The lowest BCUT2D eigenvalue weighted by atomic mass is 10.1. The molecule has 0 aliphatic heterocycles. The molecule has 0 fully saturated rings. The Morgan fingerprint density at radius 1 is 1.00 bits per heavy atom. The lowest BCUT2D eigenvalue weighted by Gasteiger charge is -2.10. The molecule has 3 rings (SSSR count). The number of hydrogen-bond donors (Lipinski definition) is 3. The van der Waals surface area contributed by atoms with Gasteiger partial charge < -0.3 is 10.6 Å². The number of aromatic nitrogens is 2. The fraction of sp³-hybridized carbons (Fsp3) is 0.217. The first kappa shape index (κ1) is 21.7. The minimum atomic E-state index is 0.695. The molecule has 146 valence electrons. The van der Waals surface area contributed by atoms with Gasteiger partial charge in [0, 0.05) is 16.8 Å². The Hall–Kier alpha value is -2.63. The first-order valence-corrected chi connectivity index (χ1v) is 9.74.